The van der Waals surface area contributed by atoms with Gasteiger partial charge >= 0.3 is 0 Å². The van der Waals surface area contributed by atoms with Gasteiger partial charge in [0.15, 0.2) is 7.28 Å². The van der Waals surface area contributed by atoms with Crippen LogP contribution in [0.5, 0.6) is 0 Å². The number of hydrogen-bond donors (Lipinski definition) is 0. The highest BCUT2D eigenvalue weighted by Gasteiger charge is 1.95. The maximum absolute atomic E-state index is 3.97. The van der Waals surface area contributed by atoms with E-state index >= 15 is 0 Å². The first-order valence-electron chi connectivity index (χ1n) is 4.25. The SMILES string of the molecule is [B](c1ccccc1)c1ccncc1. The van der Waals surface area contributed by atoms with Crippen LogP contribution >= 0.6 is 0 Å². The van der Waals surface area contributed by atoms with Crippen molar-refractivity contribution < 1.29 is 0 Å². The van der Waals surface area contributed by atoms with E-state index in [1.54, 1.807) is 12.4 Å². The molecule has 0 spiro atoms. The fourth-order valence-corrected chi connectivity index (χ4v) is 1.20. The molecule has 1 aromatic heterocycles. The van der Waals surface area contributed by atoms with Crippen molar-refractivity contribution >= 4 is 18.2 Å². The lowest BCUT2D eigenvalue weighted by Gasteiger charge is -1.97. The summed E-state index contributed by atoms with van der Waals surface area (Å²) in [6.07, 6.45) is 3.60. The van der Waals surface area contributed by atoms with Gasteiger partial charge in [-0.15, -0.1) is 0 Å². The van der Waals surface area contributed by atoms with E-state index in [0.29, 0.717) is 0 Å². The predicted octanol–water partition coefficient (Wildman–Crippen LogP) is 0.737. The van der Waals surface area contributed by atoms with E-state index in [1.807, 2.05) is 30.3 Å². The summed E-state index contributed by atoms with van der Waals surface area (Å²) in [6, 6.07) is 14.2. The quantitative estimate of drug-likeness (QED) is 0.599. The number of benzene rings is 1. The van der Waals surface area contributed by atoms with Gasteiger partial charge in [-0.05, 0) is 12.1 Å². The summed E-state index contributed by atoms with van der Waals surface area (Å²) < 4.78 is 0. The van der Waals surface area contributed by atoms with E-state index in [2.05, 4.69) is 24.4 Å². The molecule has 1 nitrogen and oxygen atoms in total. The predicted molar refractivity (Wildman–Crippen MR) is 55.7 cm³/mol. The molecule has 0 saturated heterocycles. The smallest absolute Gasteiger partial charge is 0.191 e. The molecule has 0 aliphatic carbocycles. The van der Waals surface area contributed by atoms with Crippen molar-refractivity contribution in [2.75, 3.05) is 0 Å². The van der Waals surface area contributed by atoms with Crippen LogP contribution in [0.3, 0.4) is 0 Å². The van der Waals surface area contributed by atoms with Gasteiger partial charge in [0.05, 0.1) is 0 Å². The van der Waals surface area contributed by atoms with Gasteiger partial charge in [-0.2, -0.15) is 0 Å². The molecule has 2 heteroatoms. The lowest BCUT2D eigenvalue weighted by molar-refractivity contribution is 1.34. The second kappa shape index (κ2) is 3.90. The Morgan fingerprint density at radius 1 is 0.769 bits per heavy atom. The largest absolute Gasteiger partial charge is 0.265 e. The van der Waals surface area contributed by atoms with Crippen LogP contribution in [0.1, 0.15) is 0 Å². The molecule has 0 aliphatic heterocycles. The summed E-state index contributed by atoms with van der Waals surface area (Å²) in [5.74, 6) is 0. The minimum atomic E-state index is 1.18. The molecule has 0 aliphatic rings. The van der Waals surface area contributed by atoms with Crippen LogP contribution in [0.4, 0.5) is 0 Å². The topological polar surface area (TPSA) is 12.9 Å². The van der Waals surface area contributed by atoms with Crippen LogP contribution in [-0.4, -0.2) is 12.3 Å². The molecular formula is C11H9BN. The summed E-state index contributed by atoms with van der Waals surface area (Å²) >= 11 is 0. The molecule has 0 unspecified atom stereocenters. The van der Waals surface area contributed by atoms with Crippen LogP contribution in [-0.2, 0) is 0 Å². The molecule has 0 bridgehead atoms. The first-order valence-corrected chi connectivity index (χ1v) is 4.25. The van der Waals surface area contributed by atoms with E-state index in [0.717, 1.165) is 0 Å². The maximum Gasteiger partial charge on any atom is 0.191 e. The highest BCUT2D eigenvalue weighted by molar-refractivity contribution is 6.67. The Bertz CT molecular complexity index is 321. The zero-order valence-electron chi connectivity index (χ0n) is 7.22. The van der Waals surface area contributed by atoms with Gasteiger partial charge in [0.2, 0.25) is 0 Å². The Kier molecular flexibility index (Phi) is 2.42. The lowest BCUT2D eigenvalue weighted by Crippen LogP contribution is -2.26. The van der Waals surface area contributed by atoms with Crippen molar-refractivity contribution in [1.29, 1.82) is 0 Å². The number of aromatic nitrogens is 1. The number of hydrogen-bond acceptors (Lipinski definition) is 1. The van der Waals surface area contributed by atoms with Gasteiger partial charge in [0, 0.05) is 12.4 Å². The third-order valence-corrected chi connectivity index (χ3v) is 1.84. The summed E-state index contributed by atoms with van der Waals surface area (Å²) in [4.78, 5) is 3.97. The lowest BCUT2D eigenvalue weighted by atomic mass is 9.64. The van der Waals surface area contributed by atoms with Crippen molar-refractivity contribution in [3.63, 3.8) is 0 Å². The molecule has 2 aromatic rings. The summed E-state index contributed by atoms with van der Waals surface area (Å²) in [5, 5.41) is 0. The molecule has 13 heavy (non-hydrogen) atoms. The van der Waals surface area contributed by atoms with E-state index < -0.39 is 0 Å². The zero-order valence-corrected chi connectivity index (χ0v) is 7.22. The van der Waals surface area contributed by atoms with Gasteiger partial charge in [-0.1, -0.05) is 41.3 Å². The van der Waals surface area contributed by atoms with E-state index in [1.165, 1.54) is 10.9 Å². The van der Waals surface area contributed by atoms with E-state index in [4.69, 9.17) is 0 Å². The Morgan fingerprint density at radius 3 is 2.08 bits per heavy atom. The van der Waals surface area contributed by atoms with Crippen molar-refractivity contribution in [1.82, 2.24) is 4.98 Å². The molecule has 61 valence electrons. The molecule has 1 heterocycles. The molecule has 1 aromatic carbocycles. The van der Waals surface area contributed by atoms with Gasteiger partial charge in [0.1, 0.15) is 0 Å². The monoisotopic (exact) mass is 166 g/mol. The second-order valence-electron chi connectivity index (χ2n) is 2.84. The Labute approximate surface area is 78.7 Å². The first-order chi connectivity index (χ1) is 6.45. The number of pyridine rings is 1. The fraction of sp³-hybridized carbons (Fsp3) is 0. The molecule has 0 saturated carbocycles. The molecule has 0 amide bonds. The van der Waals surface area contributed by atoms with Crippen LogP contribution in [0.2, 0.25) is 0 Å². The zero-order chi connectivity index (χ0) is 8.93. The highest BCUT2D eigenvalue weighted by Crippen LogP contribution is 1.82. The molecule has 0 N–H and O–H groups in total. The van der Waals surface area contributed by atoms with Crippen LogP contribution in [0, 0.1) is 0 Å². The van der Waals surface area contributed by atoms with Gasteiger partial charge in [-0.3, -0.25) is 4.98 Å². The van der Waals surface area contributed by atoms with Crippen LogP contribution < -0.4 is 10.9 Å². The van der Waals surface area contributed by atoms with Crippen molar-refractivity contribution in [2.45, 2.75) is 0 Å². The Hall–Kier alpha value is -1.57. The first kappa shape index (κ1) is 8.05. The average molecular weight is 166 g/mol. The normalized spacial score (nSPS) is 9.54. The molecule has 2 rings (SSSR count). The van der Waals surface area contributed by atoms with Crippen LogP contribution in [0.25, 0.3) is 0 Å². The molecule has 1 radical (unpaired) electrons. The number of nitrogens with zero attached hydrogens (tertiary/aromatic N) is 1. The van der Waals surface area contributed by atoms with Crippen molar-refractivity contribution in [3.05, 3.63) is 54.9 Å². The third-order valence-electron chi connectivity index (χ3n) is 1.84. The van der Waals surface area contributed by atoms with Crippen molar-refractivity contribution in [2.24, 2.45) is 0 Å². The minimum Gasteiger partial charge on any atom is -0.265 e. The van der Waals surface area contributed by atoms with Crippen LogP contribution in [0.15, 0.2) is 54.9 Å². The Balaban J connectivity index is 2.16. The average Bonchev–Trinajstić information content (AvgIpc) is 2.21. The second-order valence-corrected chi connectivity index (χ2v) is 2.84. The molecular weight excluding hydrogens is 157 g/mol. The van der Waals surface area contributed by atoms with Gasteiger partial charge in [-0.25, -0.2) is 0 Å². The standard InChI is InChI=1S/C11H9BN/c1-2-4-10(5-3-1)12-11-6-8-13-9-7-11/h1-9H. The fourth-order valence-electron chi connectivity index (χ4n) is 1.20. The summed E-state index contributed by atoms with van der Waals surface area (Å²) in [5.41, 5.74) is 2.40. The Morgan fingerprint density at radius 2 is 1.38 bits per heavy atom. The number of rotatable bonds is 2. The maximum atomic E-state index is 3.97. The summed E-state index contributed by atoms with van der Waals surface area (Å²) in [7, 11) is 2.13. The highest BCUT2D eigenvalue weighted by atomic mass is 14.6. The van der Waals surface area contributed by atoms with E-state index in [9.17, 15) is 0 Å². The third kappa shape index (κ3) is 2.18. The summed E-state index contributed by atoms with van der Waals surface area (Å²) in [6.45, 7) is 0. The van der Waals surface area contributed by atoms with Crippen molar-refractivity contribution in [3.8, 4) is 0 Å². The van der Waals surface area contributed by atoms with Gasteiger partial charge < -0.3 is 0 Å². The van der Waals surface area contributed by atoms with Gasteiger partial charge in [0.25, 0.3) is 0 Å². The minimum absolute atomic E-state index is 1.18. The van der Waals surface area contributed by atoms with E-state index in [-0.39, 0.29) is 0 Å². The molecule has 0 fully saturated rings. The molecule has 0 atom stereocenters.